The number of hydrogen-bond acceptors (Lipinski definition) is 4. The van der Waals surface area contributed by atoms with Crippen molar-refractivity contribution in [1.29, 1.82) is 0 Å². The molecule has 1 aliphatic heterocycles. The van der Waals surface area contributed by atoms with Crippen molar-refractivity contribution in [2.75, 3.05) is 0 Å². The van der Waals surface area contributed by atoms with Crippen LogP contribution in [0.4, 0.5) is 0 Å². The molecule has 1 aromatic carbocycles. The fraction of sp³-hybridized carbons (Fsp3) is 0.125. The van der Waals surface area contributed by atoms with Crippen LogP contribution in [0.25, 0.3) is 0 Å². The van der Waals surface area contributed by atoms with E-state index in [0.717, 1.165) is 5.56 Å². The maximum atomic E-state index is 4.31. The number of thiol groups is 1. The molecule has 0 saturated carbocycles. The topological polar surface area (TPSA) is 37.1 Å². The summed E-state index contributed by atoms with van der Waals surface area (Å²) >= 11 is 4.31. The second-order valence-corrected chi connectivity index (χ2v) is 3.09. The molecule has 1 heterocycles. The first-order valence-corrected chi connectivity index (χ1v) is 4.00. The second-order valence-electron chi connectivity index (χ2n) is 2.46. The van der Waals surface area contributed by atoms with Gasteiger partial charge in [0.15, 0.2) is 0 Å². The first-order chi connectivity index (χ1) is 5.81. The summed E-state index contributed by atoms with van der Waals surface area (Å²) < 4.78 is 0. The van der Waals surface area contributed by atoms with Crippen molar-refractivity contribution in [2.45, 2.75) is 4.99 Å². The van der Waals surface area contributed by atoms with Crippen molar-refractivity contribution in [1.82, 2.24) is 0 Å². The van der Waals surface area contributed by atoms with E-state index in [2.05, 4.69) is 27.8 Å². The summed E-state index contributed by atoms with van der Waals surface area (Å²) in [4.78, 5) is 3.25. The van der Waals surface area contributed by atoms with Crippen LogP contribution >= 0.6 is 12.6 Å². The summed E-state index contributed by atoms with van der Waals surface area (Å²) in [6.45, 7) is 0. The van der Waals surface area contributed by atoms with Gasteiger partial charge in [-0.3, -0.25) is 0 Å². The van der Waals surface area contributed by atoms with Crippen LogP contribution in [0.5, 0.6) is 0 Å². The Morgan fingerprint density at radius 3 is 2.50 bits per heavy atom. The Hall–Kier alpha value is -1.16. The predicted molar refractivity (Wildman–Crippen MR) is 50.5 cm³/mol. The molecule has 1 atom stereocenters. The van der Waals surface area contributed by atoms with Crippen molar-refractivity contribution in [3.63, 3.8) is 0 Å². The molecule has 1 aromatic rings. The van der Waals surface area contributed by atoms with Crippen molar-refractivity contribution in [3.05, 3.63) is 35.9 Å². The molecule has 0 radical (unpaired) electrons. The quantitative estimate of drug-likeness (QED) is 0.639. The van der Waals surface area contributed by atoms with E-state index in [-0.39, 0.29) is 0 Å². The predicted octanol–water partition coefficient (Wildman–Crippen LogP) is 2.22. The third kappa shape index (κ3) is 1.14. The molecule has 1 unspecified atom stereocenters. The summed E-state index contributed by atoms with van der Waals surface area (Å²) in [7, 11) is 0. The van der Waals surface area contributed by atoms with Gasteiger partial charge in [0.2, 0.25) is 4.99 Å². The fourth-order valence-electron chi connectivity index (χ4n) is 1.03. The van der Waals surface area contributed by atoms with Crippen molar-refractivity contribution in [2.24, 2.45) is 15.2 Å². The van der Waals surface area contributed by atoms with Gasteiger partial charge in [-0.2, -0.15) is 0 Å². The number of azo groups is 1. The molecule has 12 heavy (non-hydrogen) atoms. The van der Waals surface area contributed by atoms with E-state index < -0.39 is 4.99 Å². The van der Waals surface area contributed by atoms with Gasteiger partial charge in [-0.1, -0.05) is 30.3 Å². The molecule has 0 fully saturated rings. The lowest BCUT2D eigenvalue weighted by molar-refractivity contribution is 0.704. The summed E-state index contributed by atoms with van der Waals surface area (Å²) in [6.07, 6.45) is 1.42. The molecule has 0 aromatic heterocycles. The van der Waals surface area contributed by atoms with E-state index in [1.54, 1.807) is 0 Å². The Kier molecular flexibility index (Phi) is 1.69. The van der Waals surface area contributed by atoms with Crippen LogP contribution in [0.15, 0.2) is 45.6 Å². The molecule has 3 nitrogen and oxygen atoms in total. The average molecular weight is 177 g/mol. The van der Waals surface area contributed by atoms with Crippen LogP contribution in [0.3, 0.4) is 0 Å². The summed E-state index contributed by atoms with van der Waals surface area (Å²) in [6, 6.07) is 9.65. The minimum Gasteiger partial charge on any atom is -0.225 e. The third-order valence-electron chi connectivity index (χ3n) is 1.65. The maximum Gasteiger partial charge on any atom is 0.241 e. The molecule has 0 saturated heterocycles. The van der Waals surface area contributed by atoms with E-state index in [0.29, 0.717) is 0 Å². The van der Waals surface area contributed by atoms with Gasteiger partial charge in [-0.25, -0.2) is 4.99 Å². The highest BCUT2D eigenvalue weighted by Crippen LogP contribution is 2.33. The average Bonchev–Trinajstić information content (AvgIpc) is 2.55. The highest BCUT2D eigenvalue weighted by atomic mass is 32.1. The first kappa shape index (κ1) is 7.49. The molecular weight excluding hydrogens is 170 g/mol. The highest BCUT2D eigenvalue weighted by Gasteiger charge is 2.27. The third-order valence-corrected chi connectivity index (χ3v) is 2.11. The first-order valence-electron chi connectivity index (χ1n) is 3.55. The van der Waals surface area contributed by atoms with E-state index in [4.69, 9.17) is 0 Å². The Morgan fingerprint density at radius 1 is 1.17 bits per heavy atom. The highest BCUT2D eigenvalue weighted by molar-refractivity contribution is 7.81. The molecule has 0 amide bonds. The van der Waals surface area contributed by atoms with Gasteiger partial charge in [0.05, 0.1) is 0 Å². The summed E-state index contributed by atoms with van der Waals surface area (Å²) in [5.41, 5.74) is 0.936. The monoisotopic (exact) mass is 177 g/mol. The largest absolute Gasteiger partial charge is 0.241 e. The van der Waals surface area contributed by atoms with Crippen molar-refractivity contribution < 1.29 is 0 Å². The zero-order chi connectivity index (χ0) is 8.44. The molecular formula is C8H7N3S. The number of benzene rings is 1. The molecule has 0 spiro atoms. The van der Waals surface area contributed by atoms with Gasteiger partial charge in [-0.15, -0.1) is 22.9 Å². The lowest BCUT2D eigenvalue weighted by Gasteiger charge is -2.13. The van der Waals surface area contributed by atoms with Gasteiger partial charge >= 0.3 is 0 Å². The Morgan fingerprint density at radius 2 is 1.92 bits per heavy atom. The standard InChI is InChI=1S/C8H7N3S/c12-8(9-6-10-11-8)7-4-2-1-3-5-7/h1-6,12H. The smallest absolute Gasteiger partial charge is 0.225 e. The van der Waals surface area contributed by atoms with Crippen molar-refractivity contribution in [3.8, 4) is 0 Å². The zero-order valence-electron chi connectivity index (χ0n) is 6.25. The molecule has 4 heteroatoms. The molecule has 0 aliphatic carbocycles. The number of nitrogens with zero attached hydrogens (tertiary/aromatic N) is 3. The van der Waals surface area contributed by atoms with Crippen LogP contribution in [-0.4, -0.2) is 6.34 Å². The Bertz CT molecular complexity index is 319. The zero-order valence-corrected chi connectivity index (χ0v) is 7.15. The van der Waals surface area contributed by atoms with Crippen LogP contribution < -0.4 is 0 Å². The van der Waals surface area contributed by atoms with Gasteiger partial charge in [0, 0.05) is 5.56 Å². The summed E-state index contributed by atoms with van der Waals surface area (Å²) in [5.74, 6) is 0. The molecule has 60 valence electrons. The summed E-state index contributed by atoms with van der Waals surface area (Å²) in [5, 5.41) is 7.57. The molecule has 0 bridgehead atoms. The minimum absolute atomic E-state index is 0.790. The lowest BCUT2D eigenvalue weighted by Crippen LogP contribution is -2.08. The Balaban J connectivity index is 2.43. The molecule has 2 rings (SSSR count). The van der Waals surface area contributed by atoms with Crippen molar-refractivity contribution >= 4 is 19.0 Å². The van der Waals surface area contributed by atoms with Gasteiger partial charge < -0.3 is 0 Å². The second kappa shape index (κ2) is 2.71. The van der Waals surface area contributed by atoms with E-state index >= 15 is 0 Å². The van der Waals surface area contributed by atoms with Gasteiger partial charge in [0.25, 0.3) is 0 Å². The molecule has 1 aliphatic rings. The van der Waals surface area contributed by atoms with Gasteiger partial charge in [-0.05, 0) is 0 Å². The van der Waals surface area contributed by atoms with E-state index in [9.17, 15) is 0 Å². The van der Waals surface area contributed by atoms with Gasteiger partial charge in [0.1, 0.15) is 6.34 Å². The normalized spacial score (nSPS) is 26.4. The minimum atomic E-state index is -0.790. The van der Waals surface area contributed by atoms with E-state index in [1.165, 1.54) is 6.34 Å². The van der Waals surface area contributed by atoms with E-state index in [1.807, 2.05) is 30.3 Å². The van der Waals surface area contributed by atoms with Crippen LogP contribution in [0, 0.1) is 0 Å². The maximum absolute atomic E-state index is 4.31. The lowest BCUT2D eigenvalue weighted by atomic mass is 10.2. The molecule has 0 N–H and O–H groups in total. The number of rotatable bonds is 1. The number of aliphatic imine (C=N–C) groups is 1. The van der Waals surface area contributed by atoms with Crippen LogP contribution in [0.2, 0.25) is 0 Å². The fourth-order valence-corrected chi connectivity index (χ4v) is 1.28. The Labute approximate surface area is 75.7 Å². The number of hydrogen-bond donors (Lipinski definition) is 1. The van der Waals surface area contributed by atoms with Crippen LogP contribution in [-0.2, 0) is 4.99 Å². The SMILES string of the molecule is SC1(c2ccccc2)N=CN=N1. The van der Waals surface area contributed by atoms with Crippen LogP contribution in [0.1, 0.15) is 5.56 Å².